The van der Waals surface area contributed by atoms with Gasteiger partial charge in [-0.2, -0.15) is 0 Å². The molecule has 105 heavy (non-hydrogen) atoms. The minimum absolute atomic E-state index is 0.606. The maximum absolute atomic E-state index is 2.50. The van der Waals surface area contributed by atoms with Crippen molar-refractivity contribution in [2.75, 3.05) is 0 Å². The van der Waals surface area contributed by atoms with Crippen molar-refractivity contribution in [1.29, 1.82) is 0 Å². The van der Waals surface area contributed by atoms with Crippen molar-refractivity contribution in [2.45, 2.75) is 162 Å². The number of thiophene rings is 16. The van der Waals surface area contributed by atoms with E-state index in [1.54, 1.807) is 0 Å². The second-order valence-electron chi connectivity index (χ2n) is 27.0. The van der Waals surface area contributed by atoms with E-state index in [-0.39, 0.29) is 0 Å². The molecule has 16 heterocycles. The standard InChI is InChI=1S/C89H84S16/c1-5-9-13-17-21-57-25-29-61(90-57)65-33-37-69(94-65)73-41-45-77(98-73)81-49-53-85(102-81)89(86-54-50-82(103-86)78-46-42-74(99-78)70-38-34-66(95-70)62-30-26-58(91-62)22-18-14-10-6-2,87-55-51-83(104-87)79-47-43-75(100-79)71-39-35-67(96-71)63-31-27-59(92-63)23-19-15-11-7-3)88-56-52-84(105-88)80-48-44-76(101-80)72-40-36-68(97-72)64-32-28-60(93-64)24-20-16-12-8-4/h25-56H,5-24H2,1-4H3. The zero-order valence-electron chi connectivity index (χ0n) is 59.6. The van der Waals surface area contributed by atoms with Gasteiger partial charge in [0.1, 0.15) is 5.41 Å². The topological polar surface area (TPSA) is 0 Å². The summed E-state index contributed by atoms with van der Waals surface area (Å²) in [4.78, 5) is 43.8. The van der Waals surface area contributed by atoms with Gasteiger partial charge in [0.2, 0.25) is 0 Å². The van der Waals surface area contributed by atoms with Crippen LogP contribution in [0.1, 0.15) is 169 Å². The first-order valence-electron chi connectivity index (χ1n) is 37.3. The van der Waals surface area contributed by atoms with Crippen molar-refractivity contribution in [2.24, 2.45) is 0 Å². The number of hydrogen-bond donors (Lipinski definition) is 0. The molecule has 0 saturated heterocycles. The number of hydrogen-bond acceptors (Lipinski definition) is 16. The predicted molar refractivity (Wildman–Crippen MR) is 487 cm³/mol. The highest BCUT2D eigenvalue weighted by atomic mass is 32.2. The van der Waals surface area contributed by atoms with E-state index in [0.717, 1.165) is 0 Å². The van der Waals surface area contributed by atoms with Crippen LogP contribution in [0.25, 0.3) is 117 Å². The molecule has 16 aromatic heterocycles. The lowest BCUT2D eigenvalue weighted by molar-refractivity contribution is 0.670. The third-order valence-corrected chi connectivity index (χ3v) is 39.8. The van der Waals surface area contributed by atoms with Gasteiger partial charge < -0.3 is 0 Å². The van der Waals surface area contributed by atoms with Crippen LogP contribution in [-0.4, -0.2) is 0 Å². The fraction of sp³-hybridized carbons (Fsp3) is 0.281. The van der Waals surface area contributed by atoms with Crippen LogP contribution in [0.15, 0.2) is 194 Å². The molecular formula is C89H84S16. The molecule has 0 radical (unpaired) electrons. The second-order valence-corrected chi connectivity index (χ2v) is 44.7. The Labute approximate surface area is 685 Å². The first kappa shape index (κ1) is 74.3. The maximum atomic E-state index is 2.50. The van der Waals surface area contributed by atoms with E-state index in [0.29, 0.717) is 0 Å². The lowest BCUT2D eigenvalue weighted by Gasteiger charge is -2.31. The van der Waals surface area contributed by atoms with Crippen LogP contribution in [0.4, 0.5) is 0 Å². The molecule has 0 amide bonds. The molecule has 536 valence electrons. The Morgan fingerprint density at radius 2 is 0.295 bits per heavy atom. The zero-order chi connectivity index (χ0) is 71.1. The molecule has 0 N–H and O–H groups in total. The smallest absolute Gasteiger partial charge is 0.107 e. The number of aryl methyl sites for hydroxylation is 4. The van der Waals surface area contributed by atoms with Gasteiger partial charge in [0.05, 0.1) is 0 Å². The van der Waals surface area contributed by atoms with E-state index >= 15 is 0 Å². The lowest BCUT2D eigenvalue weighted by Crippen LogP contribution is -2.26. The molecule has 0 nitrogen and oxygen atoms in total. The molecule has 16 rings (SSSR count). The van der Waals surface area contributed by atoms with Crippen LogP contribution in [0.2, 0.25) is 0 Å². The monoisotopic (exact) mass is 1660 g/mol. The normalized spacial score (nSPS) is 12.0. The Bertz CT molecular complexity index is 4730. The fourth-order valence-electron chi connectivity index (χ4n) is 13.7. The molecule has 0 fully saturated rings. The molecule has 0 aliphatic carbocycles. The van der Waals surface area contributed by atoms with E-state index in [1.807, 2.05) is 181 Å². The lowest BCUT2D eigenvalue weighted by atomic mass is 9.81. The zero-order valence-corrected chi connectivity index (χ0v) is 72.7. The predicted octanol–water partition coefficient (Wildman–Crippen LogP) is 35.5. The molecule has 0 aliphatic heterocycles. The highest BCUT2D eigenvalue weighted by Crippen LogP contribution is 2.59. The third kappa shape index (κ3) is 16.9. The number of rotatable bonds is 36. The third-order valence-electron chi connectivity index (χ3n) is 19.4. The number of unbranched alkanes of at least 4 members (excludes halogenated alkanes) is 12. The van der Waals surface area contributed by atoms with Crippen molar-refractivity contribution >= 4 is 181 Å². The average Bonchev–Trinajstić information content (AvgIpc) is 1.34. The summed E-state index contributed by atoms with van der Waals surface area (Å²) in [6.07, 6.45) is 25.5. The van der Waals surface area contributed by atoms with Crippen molar-refractivity contribution in [1.82, 2.24) is 0 Å². The van der Waals surface area contributed by atoms with Gasteiger partial charge >= 0.3 is 0 Å². The summed E-state index contributed by atoms with van der Waals surface area (Å²) >= 11 is 31.4. The maximum Gasteiger partial charge on any atom is 0.107 e. The Balaban J connectivity index is 0.760. The van der Waals surface area contributed by atoms with Crippen molar-refractivity contribution < 1.29 is 0 Å². The van der Waals surface area contributed by atoms with Crippen LogP contribution in [0.3, 0.4) is 0 Å². The van der Waals surface area contributed by atoms with E-state index in [9.17, 15) is 0 Å². The highest BCUT2D eigenvalue weighted by Gasteiger charge is 2.44. The summed E-state index contributed by atoms with van der Waals surface area (Å²) in [6.45, 7) is 9.19. The molecule has 0 unspecified atom stereocenters. The SMILES string of the molecule is CCCCCCc1ccc(-c2ccc(-c3ccc(-c4ccc(C(c5ccc(-c6ccc(-c7ccc(-c8ccc(CCCCCC)s8)s7)s6)s5)(c5ccc(-c6ccc(-c7ccc(-c8ccc(CCCCCC)s8)s7)s6)s5)c5ccc(-c6ccc(-c7ccc(-c8ccc(CCCCCC)s8)s7)s6)s5)s4)s3)s2)s1. The Morgan fingerprint density at radius 1 is 0.152 bits per heavy atom. The molecular weight excluding hydrogens is 1580 g/mol. The van der Waals surface area contributed by atoms with Gasteiger partial charge in [0.15, 0.2) is 0 Å². The molecule has 0 spiro atoms. The van der Waals surface area contributed by atoms with Gasteiger partial charge in [-0.1, -0.05) is 105 Å². The van der Waals surface area contributed by atoms with Crippen LogP contribution in [0, 0.1) is 0 Å². The van der Waals surface area contributed by atoms with Crippen LogP contribution < -0.4 is 0 Å². The first-order chi connectivity index (χ1) is 51.7. The van der Waals surface area contributed by atoms with Gasteiger partial charge in [-0.3, -0.25) is 0 Å². The van der Waals surface area contributed by atoms with E-state index in [2.05, 4.69) is 222 Å². The summed E-state index contributed by atoms with van der Waals surface area (Å²) < 4.78 is 0. The minimum Gasteiger partial charge on any atom is -0.139 e. The Morgan fingerprint density at radius 3 is 0.467 bits per heavy atom. The van der Waals surface area contributed by atoms with Crippen molar-refractivity contribution in [3.63, 3.8) is 0 Å². The highest BCUT2D eigenvalue weighted by molar-refractivity contribution is 7.32. The Hall–Kier alpha value is -4.80. The largest absolute Gasteiger partial charge is 0.139 e. The molecule has 0 atom stereocenters. The van der Waals surface area contributed by atoms with Crippen molar-refractivity contribution in [3.8, 4) is 117 Å². The fourth-order valence-corrected chi connectivity index (χ4v) is 32.4. The van der Waals surface area contributed by atoms with E-state index in [1.165, 1.54) is 284 Å². The Kier molecular flexibility index (Phi) is 24.8. The van der Waals surface area contributed by atoms with Crippen LogP contribution in [-0.2, 0) is 31.1 Å². The second kappa shape index (κ2) is 35.1. The minimum atomic E-state index is -0.606. The van der Waals surface area contributed by atoms with Crippen LogP contribution >= 0.6 is 181 Å². The van der Waals surface area contributed by atoms with E-state index < -0.39 is 5.41 Å². The molecule has 16 heteroatoms. The van der Waals surface area contributed by atoms with Gasteiger partial charge in [-0.25, -0.2) is 0 Å². The summed E-state index contributed by atoms with van der Waals surface area (Å²) in [6, 6.07) is 76.6. The van der Waals surface area contributed by atoms with Gasteiger partial charge in [0.25, 0.3) is 0 Å². The van der Waals surface area contributed by atoms with E-state index in [4.69, 9.17) is 0 Å². The van der Waals surface area contributed by atoms with Gasteiger partial charge in [-0.15, -0.1) is 181 Å². The molecule has 0 aliphatic rings. The summed E-state index contributed by atoms with van der Waals surface area (Å²) in [5.74, 6) is 0. The van der Waals surface area contributed by atoms with Gasteiger partial charge in [-0.05, 0) is 245 Å². The molecule has 0 saturated carbocycles. The molecule has 16 aromatic rings. The van der Waals surface area contributed by atoms with Crippen molar-refractivity contribution in [3.05, 3.63) is 233 Å². The molecule has 0 aromatic carbocycles. The summed E-state index contributed by atoms with van der Waals surface area (Å²) in [5.41, 5.74) is -0.606. The quantitative estimate of drug-likeness (QED) is 0.0343. The summed E-state index contributed by atoms with van der Waals surface area (Å²) in [5, 5.41) is 0. The average molecular weight is 1670 g/mol. The van der Waals surface area contributed by atoms with Gasteiger partial charge in [0, 0.05) is 156 Å². The summed E-state index contributed by atoms with van der Waals surface area (Å²) in [7, 11) is 0. The molecule has 0 bridgehead atoms. The first-order valence-corrected chi connectivity index (χ1v) is 50.4. The van der Waals surface area contributed by atoms with Crippen LogP contribution in [0.5, 0.6) is 0 Å².